The monoisotopic (exact) mass is 426 g/mol. The highest BCUT2D eigenvalue weighted by atomic mass is 32.1. The molecule has 154 valence electrons. The van der Waals surface area contributed by atoms with E-state index in [0.717, 1.165) is 29.3 Å². The number of hydrogen-bond acceptors (Lipinski definition) is 7. The van der Waals surface area contributed by atoms with Gasteiger partial charge >= 0.3 is 5.97 Å². The zero-order chi connectivity index (χ0) is 21.1. The first kappa shape index (κ1) is 20.2. The third-order valence-electron chi connectivity index (χ3n) is 4.70. The summed E-state index contributed by atoms with van der Waals surface area (Å²) in [5.41, 5.74) is 0.306. The molecule has 0 bridgehead atoms. The van der Waals surface area contributed by atoms with Crippen molar-refractivity contribution >= 4 is 23.3 Å². The lowest BCUT2D eigenvalue weighted by Gasteiger charge is -2.15. The van der Waals surface area contributed by atoms with Crippen LogP contribution in [0.2, 0.25) is 0 Å². The summed E-state index contributed by atoms with van der Waals surface area (Å²) >= 11 is 1.14. The van der Waals surface area contributed by atoms with Crippen LogP contribution in [0.25, 0.3) is 0 Å². The van der Waals surface area contributed by atoms with Crippen molar-refractivity contribution in [3.05, 3.63) is 70.6 Å². The molecule has 3 aromatic rings. The number of rotatable bonds is 8. The van der Waals surface area contributed by atoms with E-state index in [1.54, 1.807) is 30.5 Å². The Morgan fingerprint density at radius 1 is 1.23 bits per heavy atom. The average molecular weight is 426 g/mol. The maximum Gasteiger partial charge on any atom is 0.347 e. The molecule has 1 aromatic carbocycles. The van der Waals surface area contributed by atoms with E-state index >= 15 is 0 Å². The Labute approximate surface area is 176 Å². The average Bonchev–Trinajstić information content (AvgIpc) is 3.51. The summed E-state index contributed by atoms with van der Waals surface area (Å²) in [6.45, 7) is 1.95. The first-order valence-electron chi connectivity index (χ1n) is 9.65. The molecule has 1 aliphatic carbocycles. The second kappa shape index (κ2) is 8.71. The summed E-state index contributed by atoms with van der Waals surface area (Å²) < 4.78 is 29.0. The summed E-state index contributed by atoms with van der Waals surface area (Å²) in [7, 11) is 0. The van der Waals surface area contributed by atoms with Gasteiger partial charge in [0.15, 0.2) is 5.78 Å². The maximum absolute atomic E-state index is 13.7. The van der Waals surface area contributed by atoms with Gasteiger partial charge in [0.2, 0.25) is 5.88 Å². The highest BCUT2D eigenvalue weighted by Crippen LogP contribution is 2.33. The highest BCUT2D eigenvalue weighted by Gasteiger charge is 2.31. The largest absolute Gasteiger partial charge is 0.483 e. The van der Waals surface area contributed by atoms with E-state index in [0.29, 0.717) is 17.9 Å². The molecule has 0 aliphatic heterocycles. The number of esters is 1. The molecule has 30 heavy (non-hydrogen) atoms. The van der Waals surface area contributed by atoms with Gasteiger partial charge in [-0.3, -0.25) is 4.79 Å². The lowest BCUT2D eigenvalue weighted by molar-refractivity contribution is 0.0723. The van der Waals surface area contributed by atoms with Crippen molar-refractivity contribution in [3.8, 4) is 11.6 Å². The van der Waals surface area contributed by atoms with Gasteiger partial charge in [0.1, 0.15) is 23.4 Å². The predicted molar refractivity (Wildman–Crippen MR) is 108 cm³/mol. The number of carbonyl (C=O) groups is 2. The lowest BCUT2D eigenvalue weighted by Crippen LogP contribution is -2.10. The number of ketones is 1. The molecular formula is C22H19FN2O4S. The number of halogens is 1. The van der Waals surface area contributed by atoms with Gasteiger partial charge in [0.05, 0.1) is 16.6 Å². The van der Waals surface area contributed by atoms with Gasteiger partial charge in [-0.05, 0) is 55.1 Å². The van der Waals surface area contributed by atoms with Crippen LogP contribution in [-0.4, -0.2) is 21.1 Å². The van der Waals surface area contributed by atoms with Crippen molar-refractivity contribution in [3.63, 3.8) is 0 Å². The number of ether oxygens (including phenoxy) is 2. The Bertz CT molecular complexity index is 1060. The Balaban J connectivity index is 1.41. The van der Waals surface area contributed by atoms with E-state index < -0.39 is 11.8 Å². The highest BCUT2D eigenvalue weighted by molar-refractivity contribution is 7.06. The molecule has 4 rings (SSSR count). The Morgan fingerprint density at radius 2 is 2.03 bits per heavy atom. The fourth-order valence-corrected chi connectivity index (χ4v) is 3.68. The number of nitrogens with zero attached hydrogens (tertiary/aromatic N) is 2. The first-order chi connectivity index (χ1) is 14.5. The van der Waals surface area contributed by atoms with Gasteiger partial charge in [-0.2, -0.15) is 4.37 Å². The molecule has 0 N–H and O–H groups in total. The molecule has 8 heteroatoms. The van der Waals surface area contributed by atoms with Gasteiger partial charge < -0.3 is 9.47 Å². The SMILES string of the molecule is CCC(Oc1ccc(C(=O)C2CC2)nc1)c1cc(OC(=O)c2ccccc2F)ns1. The Kier molecular flexibility index (Phi) is 5.85. The van der Waals surface area contributed by atoms with Crippen LogP contribution < -0.4 is 9.47 Å². The van der Waals surface area contributed by atoms with Gasteiger partial charge in [0, 0.05) is 12.0 Å². The quantitative estimate of drug-likeness (QED) is 0.372. The van der Waals surface area contributed by atoms with Crippen LogP contribution in [0.15, 0.2) is 48.7 Å². The van der Waals surface area contributed by atoms with Crippen molar-refractivity contribution in [2.24, 2.45) is 5.92 Å². The summed E-state index contributed by atoms with van der Waals surface area (Å²) in [6, 6.07) is 10.6. The maximum atomic E-state index is 13.7. The molecule has 0 amide bonds. The summed E-state index contributed by atoms with van der Waals surface area (Å²) in [5, 5.41) is 0. The third-order valence-corrected chi connectivity index (χ3v) is 5.56. The van der Waals surface area contributed by atoms with Crippen LogP contribution >= 0.6 is 11.5 Å². The molecule has 0 spiro atoms. The topological polar surface area (TPSA) is 78.4 Å². The second-order valence-electron chi connectivity index (χ2n) is 6.97. The van der Waals surface area contributed by atoms with E-state index in [1.165, 1.54) is 18.2 Å². The van der Waals surface area contributed by atoms with E-state index in [1.807, 2.05) is 6.92 Å². The zero-order valence-electron chi connectivity index (χ0n) is 16.2. The van der Waals surface area contributed by atoms with Crippen molar-refractivity contribution in [1.29, 1.82) is 0 Å². The minimum atomic E-state index is -0.806. The van der Waals surface area contributed by atoms with Crippen LogP contribution in [0.1, 0.15) is 58.0 Å². The van der Waals surface area contributed by atoms with E-state index in [2.05, 4.69) is 9.36 Å². The van der Waals surface area contributed by atoms with Crippen molar-refractivity contribution in [2.45, 2.75) is 32.3 Å². The Morgan fingerprint density at radius 3 is 2.70 bits per heavy atom. The molecule has 0 saturated heterocycles. The molecule has 0 radical (unpaired) electrons. The third kappa shape index (κ3) is 4.54. The van der Waals surface area contributed by atoms with Crippen LogP contribution in [0.3, 0.4) is 0 Å². The molecule has 1 saturated carbocycles. The molecule has 2 aromatic heterocycles. The minimum Gasteiger partial charge on any atom is -0.483 e. The number of aromatic nitrogens is 2. The van der Waals surface area contributed by atoms with Gasteiger partial charge in [0.25, 0.3) is 0 Å². The molecule has 1 fully saturated rings. The Hall–Kier alpha value is -3.13. The molecule has 1 atom stereocenters. The lowest BCUT2D eigenvalue weighted by atomic mass is 10.2. The normalized spacial score (nSPS) is 14.2. The predicted octanol–water partition coefficient (Wildman–Crippen LogP) is 5.02. The number of benzene rings is 1. The number of Topliss-reactive ketones (excluding diaryl/α,β-unsaturated/α-hetero) is 1. The number of hydrogen-bond donors (Lipinski definition) is 0. The second-order valence-corrected chi connectivity index (χ2v) is 7.81. The molecule has 1 aliphatic rings. The smallest absolute Gasteiger partial charge is 0.347 e. The first-order valence-corrected chi connectivity index (χ1v) is 10.4. The summed E-state index contributed by atoms with van der Waals surface area (Å²) in [4.78, 5) is 29.2. The van der Waals surface area contributed by atoms with Crippen LogP contribution in [-0.2, 0) is 0 Å². The zero-order valence-corrected chi connectivity index (χ0v) is 17.0. The van der Waals surface area contributed by atoms with Crippen LogP contribution in [0, 0.1) is 11.7 Å². The number of pyridine rings is 1. The number of carbonyl (C=O) groups excluding carboxylic acids is 2. The standard InChI is InChI=1S/C22H19FN2O4S/c1-2-18(28-14-9-10-17(24-12-14)21(26)13-7-8-13)19-11-20(25-30-19)29-22(27)15-5-3-4-6-16(15)23/h3-6,9-13,18H,2,7-8H2,1H3. The van der Waals surface area contributed by atoms with Crippen molar-refractivity contribution in [2.75, 3.05) is 0 Å². The van der Waals surface area contributed by atoms with Gasteiger partial charge in [-0.25, -0.2) is 14.2 Å². The fourth-order valence-electron chi connectivity index (χ4n) is 2.91. The molecular weight excluding hydrogens is 407 g/mol. The molecule has 2 heterocycles. The van der Waals surface area contributed by atoms with E-state index in [-0.39, 0.29) is 29.2 Å². The fraction of sp³-hybridized carbons (Fsp3) is 0.273. The van der Waals surface area contributed by atoms with Crippen LogP contribution in [0.4, 0.5) is 4.39 Å². The van der Waals surface area contributed by atoms with Crippen LogP contribution in [0.5, 0.6) is 11.6 Å². The van der Waals surface area contributed by atoms with Crippen molar-refractivity contribution < 1.29 is 23.5 Å². The van der Waals surface area contributed by atoms with E-state index in [4.69, 9.17) is 9.47 Å². The molecule has 1 unspecified atom stereocenters. The van der Waals surface area contributed by atoms with Gasteiger partial charge in [-0.15, -0.1) is 0 Å². The van der Waals surface area contributed by atoms with E-state index in [9.17, 15) is 14.0 Å². The van der Waals surface area contributed by atoms with Crippen molar-refractivity contribution in [1.82, 2.24) is 9.36 Å². The molecule has 6 nitrogen and oxygen atoms in total. The van der Waals surface area contributed by atoms with Gasteiger partial charge in [-0.1, -0.05) is 19.1 Å². The summed E-state index contributed by atoms with van der Waals surface area (Å²) in [5.74, 6) is -0.628. The minimum absolute atomic E-state index is 0.0809. The summed E-state index contributed by atoms with van der Waals surface area (Å²) in [6.07, 6.45) is 3.73.